The lowest BCUT2D eigenvalue weighted by Gasteiger charge is -1.91. The molecule has 62 valence electrons. The minimum Gasteiger partial charge on any atom is -0.438 e. The van der Waals surface area contributed by atoms with Crippen LogP contribution in [0.2, 0.25) is 0 Å². The second-order valence-corrected chi connectivity index (χ2v) is 1.99. The SMILES string of the molecule is CNCc1ncc(C(F)F)o1. The van der Waals surface area contributed by atoms with Crippen LogP contribution >= 0.6 is 0 Å². The first-order chi connectivity index (χ1) is 5.24. The second-order valence-electron chi connectivity index (χ2n) is 1.99. The molecule has 1 N–H and O–H groups in total. The third-order valence-corrected chi connectivity index (χ3v) is 1.11. The van der Waals surface area contributed by atoms with Gasteiger partial charge in [0, 0.05) is 0 Å². The van der Waals surface area contributed by atoms with Crippen LogP contribution in [0.5, 0.6) is 0 Å². The summed E-state index contributed by atoms with van der Waals surface area (Å²) in [7, 11) is 1.69. The van der Waals surface area contributed by atoms with Gasteiger partial charge in [-0.3, -0.25) is 0 Å². The summed E-state index contributed by atoms with van der Waals surface area (Å²) in [5, 5.41) is 2.74. The van der Waals surface area contributed by atoms with Crippen LogP contribution in [-0.2, 0) is 6.54 Å². The molecule has 0 bridgehead atoms. The summed E-state index contributed by atoms with van der Waals surface area (Å²) in [6.45, 7) is 0.368. The van der Waals surface area contributed by atoms with Gasteiger partial charge in [-0.25, -0.2) is 13.8 Å². The van der Waals surface area contributed by atoms with E-state index < -0.39 is 6.43 Å². The maximum Gasteiger partial charge on any atom is 0.297 e. The van der Waals surface area contributed by atoms with Crippen LogP contribution in [-0.4, -0.2) is 12.0 Å². The highest BCUT2D eigenvalue weighted by Crippen LogP contribution is 2.18. The molecule has 0 unspecified atom stereocenters. The van der Waals surface area contributed by atoms with Gasteiger partial charge in [0.15, 0.2) is 5.76 Å². The number of nitrogens with zero attached hydrogens (tertiary/aromatic N) is 1. The zero-order chi connectivity index (χ0) is 8.27. The van der Waals surface area contributed by atoms with Crippen molar-refractivity contribution in [3.05, 3.63) is 17.8 Å². The molecule has 1 rings (SSSR count). The molecule has 1 heterocycles. The molecule has 0 amide bonds. The van der Waals surface area contributed by atoms with Gasteiger partial charge >= 0.3 is 0 Å². The Balaban J connectivity index is 2.66. The molecule has 0 radical (unpaired) electrons. The molecule has 0 saturated heterocycles. The fourth-order valence-electron chi connectivity index (χ4n) is 0.658. The second kappa shape index (κ2) is 3.43. The number of aromatic nitrogens is 1. The Hall–Kier alpha value is -0.970. The van der Waals surface area contributed by atoms with Gasteiger partial charge in [-0.2, -0.15) is 0 Å². The van der Waals surface area contributed by atoms with Crippen molar-refractivity contribution in [3.8, 4) is 0 Å². The van der Waals surface area contributed by atoms with E-state index in [9.17, 15) is 8.78 Å². The van der Waals surface area contributed by atoms with Gasteiger partial charge in [0.2, 0.25) is 5.89 Å². The van der Waals surface area contributed by atoms with E-state index in [0.717, 1.165) is 6.20 Å². The molecule has 3 nitrogen and oxygen atoms in total. The first-order valence-electron chi connectivity index (χ1n) is 3.11. The summed E-state index contributed by atoms with van der Waals surface area (Å²) in [6.07, 6.45) is -1.54. The van der Waals surface area contributed by atoms with Gasteiger partial charge in [-0.15, -0.1) is 0 Å². The van der Waals surface area contributed by atoms with E-state index in [0.29, 0.717) is 6.54 Å². The first-order valence-corrected chi connectivity index (χ1v) is 3.11. The van der Waals surface area contributed by atoms with E-state index in [2.05, 4.69) is 14.7 Å². The summed E-state index contributed by atoms with van der Waals surface area (Å²) in [5.41, 5.74) is 0. The fraction of sp³-hybridized carbons (Fsp3) is 0.500. The standard InChI is InChI=1S/C6H8F2N2O/c1-9-3-5-10-2-4(11-5)6(7)8/h2,6,9H,3H2,1H3. The monoisotopic (exact) mass is 162 g/mol. The molecule has 1 aromatic rings. The zero-order valence-corrected chi connectivity index (χ0v) is 5.97. The van der Waals surface area contributed by atoms with Crippen molar-refractivity contribution >= 4 is 0 Å². The van der Waals surface area contributed by atoms with Crippen molar-refractivity contribution in [2.24, 2.45) is 0 Å². The number of alkyl halides is 2. The molecule has 0 fully saturated rings. The third-order valence-electron chi connectivity index (χ3n) is 1.11. The Morgan fingerprint density at radius 2 is 2.45 bits per heavy atom. The zero-order valence-electron chi connectivity index (χ0n) is 5.97. The minimum atomic E-state index is -2.58. The number of nitrogens with one attached hydrogen (secondary N) is 1. The molecular weight excluding hydrogens is 154 g/mol. The van der Waals surface area contributed by atoms with E-state index in [-0.39, 0.29) is 11.7 Å². The fourth-order valence-corrected chi connectivity index (χ4v) is 0.658. The van der Waals surface area contributed by atoms with Crippen LogP contribution in [0, 0.1) is 0 Å². The van der Waals surface area contributed by atoms with Crippen LogP contribution < -0.4 is 5.32 Å². The molecule has 1 aromatic heterocycles. The maximum absolute atomic E-state index is 11.9. The van der Waals surface area contributed by atoms with E-state index in [1.165, 1.54) is 0 Å². The van der Waals surface area contributed by atoms with Crippen molar-refractivity contribution in [2.45, 2.75) is 13.0 Å². The van der Waals surface area contributed by atoms with Crippen molar-refractivity contribution in [1.29, 1.82) is 0 Å². The lowest BCUT2D eigenvalue weighted by atomic mass is 10.5. The van der Waals surface area contributed by atoms with Crippen molar-refractivity contribution in [3.63, 3.8) is 0 Å². The highest BCUT2D eigenvalue weighted by atomic mass is 19.3. The molecule has 0 atom stereocenters. The number of hydrogen-bond acceptors (Lipinski definition) is 3. The van der Waals surface area contributed by atoms with Gasteiger partial charge < -0.3 is 9.73 Å². The summed E-state index contributed by atoms with van der Waals surface area (Å²) in [4.78, 5) is 3.62. The molecule has 0 aliphatic heterocycles. The van der Waals surface area contributed by atoms with Crippen molar-refractivity contribution < 1.29 is 13.2 Å². The predicted octanol–water partition coefficient (Wildman–Crippen LogP) is 1.33. The normalized spacial score (nSPS) is 10.9. The van der Waals surface area contributed by atoms with Gasteiger partial charge in [-0.1, -0.05) is 0 Å². The van der Waals surface area contributed by atoms with Crippen LogP contribution in [0.15, 0.2) is 10.6 Å². The molecule has 0 aromatic carbocycles. The highest BCUT2D eigenvalue weighted by molar-refractivity contribution is 4.94. The summed E-state index contributed by atoms with van der Waals surface area (Å²) >= 11 is 0. The number of halogens is 2. The average Bonchev–Trinajstić information content (AvgIpc) is 2.37. The molecule has 11 heavy (non-hydrogen) atoms. The first kappa shape index (κ1) is 8.13. The smallest absolute Gasteiger partial charge is 0.297 e. The lowest BCUT2D eigenvalue weighted by Crippen LogP contribution is -2.04. The van der Waals surface area contributed by atoms with E-state index in [1.807, 2.05) is 0 Å². The van der Waals surface area contributed by atoms with E-state index in [4.69, 9.17) is 0 Å². The quantitative estimate of drug-likeness (QED) is 0.728. The maximum atomic E-state index is 11.9. The molecule has 0 saturated carbocycles. The number of rotatable bonds is 3. The van der Waals surface area contributed by atoms with Gasteiger partial charge in [0.25, 0.3) is 6.43 Å². The Bertz CT molecular complexity index is 224. The van der Waals surface area contributed by atoms with Crippen molar-refractivity contribution in [1.82, 2.24) is 10.3 Å². The Morgan fingerprint density at radius 1 is 1.73 bits per heavy atom. The Labute approximate surface area is 62.4 Å². The Kier molecular flexibility index (Phi) is 2.53. The van der Waals surface area contributed by atoms with Gasteiger partial charge in [-0.05, 0) is 7.05 Å². The Morgan fingerprint density at radius 3 is 2.91 bits per heavy atom. The summed E-state index contributed by atoms with van der Waals surface area (Å²) in [5.74, 6) is -0.0990. The van der Waals surface area contributed by atoms with Crippen LogP contribution in [0.3, 0.4) is 0 Å². The van der Waals surface area contributed by atoms with E-state index in [1.54, 1.807) is 7.05 Å². The molecule has 0 aliphatic carbocycles. The summed E-state index contributed by atoms with van der Waals surface area (Å²) < 4.78 is 28.4. The molecule has 5 heteroatoms. The van der Waals surface area contributed by atoms with Gasteiger partial charge in [0.1, 0.15) is 0 Å². The topological polar surface area (TPSA) is 38.1 Å². The van der Waals surface area contributed by atoms with Gasteiger partial charge in [0.05, 0.1) is 12.7 Å². The molecule has 0 spiro atoms. The third kappa shape index (κ3) is 1.98. The number of hydrogen-bond donors (Lipinski definition) is 1. The predicted molar refractivity (Wildman–Crippen MR) is 34.2 cm³/mol. The molecular formula is C6H8F2N2O. The average molecular weight is 162 g/mol. The minimum absolute atomic E-state index is 0.280. The highest BCUT2D eigenvalue weighted by Gasteiger charge is 2.12. The van der Waals surface area contributed by atoms with Crippen molar-refractivity contribution in [2.75, 3.05) is 7.05 Å². The molecule has 0 aliphatic rings. The largest absolute Gasteiger partial charge is 0.438 e. The van der Waals surface area contributed by atoms with E-state index >= 15 is 0 Å². The van der Waals surface area contributed by atoms with Crippen LogP contribution in [0.4, 0.5) is 8.78 Å². The van der Waals surface area contributed by atoms with Crippen LogP contribution in [0.1, 0.15) is 18.1 Å². The summed E-state index contributed by atoms with van der Waals surface area (Å²) in [6, 6.07) is 0. The lowest BCUT2D eigenvalue weighted by molar-refractivity contribution is 0.119. The number of oxazole rings is 1. The van der Waals surface area contributed by atoms with Crippen LogP contribution in [0.25, 0.3) is 0 Å².